The predicted octanol–water partition coefficient (Wildman–Crippen LogP) is 3.34. The molecule has 3 rings (SSSR count). The summed E-state index contributed by atoms with van der Waals surface area (Å²) >= 11 is 6.25. The number of aldehydes is 1. The molecule has 16 heavy (non-hydrogen) atoms. The van der Waals surface area contributed by atoms with E-state index in [0.717, 1.165) is 37.7 Å². The molecule has 1 heterocycles. The molecule has 86 valence electrons. The Hall–Kier alpha value is -0.830. The number of carbonyl (C=O) groups is 1. The first-order valence-electron chi connectivity index (χ1n) is 6.04. The zero-order chi connectivity index (χ0) is 11.1. The second-order valence-electron chi connectivity index (χ2n) is 4.86. The van der Waals surface area contributed by atoms with Crippen molar-refractivity contribution in [2.75, 3.05) is 0 Å². The van der Waals surface area contributed by atoms with Gasteiger partial charge in [0.2, 0.25) is 0 Å². The molecular formula is C12H15ClN2O. The van der Waals surface area contributed by atoms with Crippen molar-refractivity contribution >= 4 is 17.9 Å². The third-order valence-corrected chi connectivity index (χ3v) is 4.04. The first kappa shape index (κ1) is 10.3. The van der Waals surface area contributed by atoms with E-state index in [1.54, 1.807) is 0 Å². The number of carbonyl (C=O) groups excluding carboxylic acids is 1. The second-order valence-corrected chi connectivity index (χ2v) is 5.22. The molecule has 0 aromatic carbocycles. The molecule has 0 spiro atoms. The summed E-state index contributed by atoms with van der Waals surface area (Å²) in [6, 6.07) is 0.415. The monoisotopic (exact) mass is 238 g/mol. The van der Waals surface area contributed by atoms with Crippen LogP contribution < -0.4 is 0 Å². The minimum absolute atomic E-state index is 0.415. The highest BCUT2D eigenvalue weighted by molar-refractivity contribution is 6.32. The molecule has 0 atom stereocenters. The summed E-state index contributed by atoms with van der Waals surface area (Å²) in [5, 5.41) is 5.14. The summed E-state index contributed by atoms with van der Waals surface area (Å²) in [4.78, 5) is 11.1. The van der Waals surface area contributed by atoms with E-state index in [4.69, 9.17) is 11.6 Å². The van der Waals surface area contributed by atoms with Crippen molar-refractivity contribution in [2.24, 2.45) is 0 Å². The van der Waals surface area contributed by atoms with E-state index in [-0.39, 0.29) is 0 Å². The number of nitrogens with zero attached hydrogens (tertiary/aromatic N) is 2. The van der Waals surface area contributed by atoms with E-state index in [0.29, 0.717) is 22.7 Å². The normalized spacial score (nSPS) is 21.6. The average molecular weight is 239 g/mol. The van der Waals surface area contributed by atoms with Crippen molar-refractivity contribution in [1.82, 2.24) is 9.78 Å². The SMILES string of the molecule is O=Cc1c(C2CC2)nn(C2CCCC2)c1Cl. The lowest BCUT2D eigenvalue weighted by atomic mass is 10.2. The Kier molecular flexibility index (Phi) is 2.51. The van der Waals surface area contributed by atoms with Crippen molar-refractivity contribution in [3.63, 3.8) is 0 Å². The molecule has 0 N–H and O–H groups in total. The van der Waals surface area contributed by atoms with Gasteiger partial charge in [-0.3, -0.25) is 4.79 Å². The molecule has 2 fully saturated rings. The smallest absolute Gasteiger partial charge is 0.155 e. The van der Waals surface area contributed by atoms with Crippen LogP contribution in [0.5, 0.6) is 0 Å². The third kappa shape index (κ3) is 1.58. The van der Waals surface area contributed by atoms with Crippen LogP contribution in [-0.2, 0) is 0 Å². The Morgan fingerprint density at radius 2 is 1.94 bits per heavy atom. The van der Waals surface area contributed by atoms with Crippen molar-refractivity contribution < 1.29 is 4.79 Å². The first-order chi connectivity index (χ1) is 7.81. The van der Waals surface area contributed by atoms with Crippen molar-refractivity contribution in [1.29, 1.82) is 0 Å². The molecule has 0 bridgehead atoms. The minimum atomic E-state index is 0.415. The molecule has 2 aliphatic carbocycles. The van der Waals surface area contributed by atoms with Crippen LogP contribution in [0.15, 0.2) is 0 Å². The van der Waals surface area contributed by atoms with Crippen LogP contribution in [0, 0.1) is 0 Å². The molecule has 2 saturated carbocycles. The molecule has 1 aromatic rings. The van der Waals surface area contributed by atoms with Crippen molar-refractivity contribution in [3.05, 3.63) is 16.4 Å². The standard InChI is InChI=1S/C12H15ClN2O/c13-12-10(7-16)11(8-5-6-8)14-15(12)9-3-1-2-4-9/h7-9H,1-6H2. The fourth-order valence-electron chi connectivity index (χ4n) is 2.60. The second kappa shape index (κ2) is 3.88. The molecule has 0 aliphatic heterocycles. The van der Waals surface area contributed by atoms with Gasteiger partial charge in [-0.05, 0) is 25.7 Å². The number of aromatic nitrogens is 2. The molecule has 0 amide bonds. The maximum atomic E-state index is 11.1. The van der Waals surface area contributed by atoms with Gasteiger partial charge in [0.1, 0.15) is 5.15 Å². The number of halogens is 1. The van der Waals surface area contributed by atoms with E-state index in [2.05, 4.69) is 5.10 Å². The van der Waals surface area contributed by atoms with E-state index in [1.165, 1.54) is 12.8 Å². The highest BCUT2D eigenvalue weighted by Crippen LogP contribution is 2.43. The predicted molar refractivity (Wildman–Crippen MR) is 62.1 cm³/mol. The van der Waals surface area contributed by atoms with Gasteiger partial charge in [-0.25, -0.2) is 4.68 Å². The van der Waals surface area contributed by atoms with E-state index >= 15 is 0 Å². The lowest BCUT2D eigenvalue weighted by Crippen LogP contribution is -2.06. The van der Waals surface area contributed by atoms with Gasteiger partial charge < -0.3 is 0 Å². The molecule has 0 saturated heterocycles. The Labute approximate surface area is 99.8 Å². The number of hydrogen-bond donors (Lipinski definition) is 0. The number of hydrogen-bond acceptors (Lipinski definition) is 2. The Balaban J connectivity index is 2.00. The minimum Gasteiger partial charge on any atom is -0.298 e. The average Bonchev–Trinajstić information content (AvgIpc) is 2.88. The zero-order valence-electron chi connectivity index (χ0n) is 9.16. The van der Waals surface area contributed by atoms with Crippen LogP contribution in [-0.4, -0.2) is 16.1 Å². The molecule has 3 nitrogen and oxygen atoms in total. The third-order valence-electron chi connectivity index (χ3n) is 3.67. The lowest BCUT2D eigenvalue weighted by Gasteiger charge is -2.10. The molecule has 0 radical (unpaired) electrons. The van der Waals surface area contributed by atoms with Gasteiger partial charge in [0.15, 0.2) is 6.29 Å². The van der Waals surface area contributed by atoms with E-state index in [9.17, 15) is 4.79 Å². The maximum absolute atomic E-state index is 11.1. The van der Waals surface area contributed by atoms with Crippen LogP contribution in [0.3, 0.4) is 0 Å². The largest absolute Gasteiger partial charge is 0.298 e. The van der Waals surface area contributed by atoms with Crippen LogP contribution in [0.1, 0.15) is 66.5 Å². The fraction of sp³-hybridized carbons (Fsp3) is 0.667. The zero-order valence-corrected chi connectivity index (χ0v) is 9.91. The number of rotatable bonds is 3. The van der Waals surface area contributed by atoms with Crippen LogP contribution in [0.25, 0.3) is 0 Å². The van der Waals surface area contributed by atoms with Gasteiger partial charge in [-0.2, -0.15) is 5.10 Å². The van der Waals surface area contributed by atoms with E-state index < -0.39 is 0 Å². The van der Waals surface area contributed by atoms with Gasteiger partial charge >= 0.3 is 0 Å². The first-order valence-corrected chi connectivity index (χ1v) is 6.42. The lowest BCUT2D eigenvalue weighted by molar-refractivity contribution is 0.112. The maximum Gasteiger partial charge on any atom is 0.155 e. The summed E-state index contributed by atoms with van der Waals surface area (Å²) in [5.74, 6) is 0.486. The van der Waals surface area contributed by atoms with Crippen molar-refractivity contribution in [2.45, 2.75) is 50.5 Å². The quantitative estimate of drug-likeness (QED) is 0.757. The summed E-state index contributed by atoms with van der Waals surface area (Å²) in [6.07, 6.45) is 7.95. The molecule has 1 aromatic heterocycles. The highest BCUT2D eigenvalue weighted by Gasteiger charge is 2.33. The highest BCUT2D eigenvalue weighted by atomic mass is 35.5. The van der Waals surface area contributed by atoms with Crippen molar-refractivity contribution in [3.8, 4) is 0 Å². The van der Waals surface area contributed by atoms with E-state index in [1.807, 2.05) is 4.68 Å². The summed E-state index contributed by atoms with van der Waals surface area (Å²) in [7, 11) is 0. The van der Waals surface area contributed by atoms with Gasteiger partial charge in [0, 0.05) is 5.92 Å². The molecule has 2 aliphatic rings. The molecule has 4 heteroatoms. The Morgan fingerprint density at radius 3 is 2.50 bits per heavy atom. The van der Waals surface area contributed by atoms with Crippen LogP contribution >= 0.6 is 11.6 Å². The Morgan fingerprint density at radius 1 is 1.25 bits per heavy atom. The van der Waals surface area contributed by atoms with Gasteiger partial charge in [0.05, 0.1) is 17.3 Å². The van der Waals surface area contributed by atoms with Gasteiger partial charge in [-0.1, -0.05) is 24.4 Å². The summed E-state index contributed by atoms with van der Waals surface area (Å²) < 4.78 is 1.89. The fourth-order valence-corrected chi connectivity index (χ4v) is 2.92. The van der Waals surface area contributed by atoms with Gasteiger partial charge in [0.25, 0.3) is 0 Å². The van der Waals surface area contributed by atoms with Crippen LogP contribution in [0.2, 0.25) is 5.15 Å². The summed E-state index contributed by atoms with van der Waals surface area (Å²) in [5.41, 5.74) is 1.57. The molecule has 0 unspecified atom stereocenters. The Bertz CT molecular complexity index is 417. The molecular weight excluding hydrogens is 224 g/mol. The van der Waals surface area contributed by atoms with Gasteiger partial charge in [-0.15, -0.1) is 0 Å². The van der Waals surface area contributed by atoms with Crippen LogP contribution in [0.4, 0.5) is 0 Å². The summed E-state index contributed by atoms with van der Waals surface area (Å²) in [6.45, 7) is 0. The topological polar surface area (TPSA) is 34.9 Å².